The lowest BCUT2D eigenvalue weighted by atomic mass is 10.0. The summed E-state index contributed by atoms with van der Waals surface area (Å²) in [4.78, 5) is 0. The molecule has 0 aromatic heterocycles. The van der Waals surface area contributed by atoms with Crippen LogP contribution in [0.15, 0.2) is 24.3 Å². The van der Waals surface area contributed by atoms with Crippen LogP contribution in [0.5, 0.6) is 0 Å². The van der Waals surface area contributed by atoms with Crippen LogP contribution in [0.2, 0.25) is 0 Å². The quantitative estimate of drug-likeness (QED) is 0.589. The fourth-order valence-electron chi connectivity index (χ4n) is 1.40. The highest BCUT2D eigenvalue weighted by Crippen LogP contribution is 2.29. The van der Waals surface area contributed by atoms with E-state index >= 15 is 0 Å². The van der Waals surface area contributed by atoms with Crippen molar-refractivity contribution in [2.75, 3.05) is 12.0 Å². The topological polar surface area (TPSA) is 0 Å². The Balaban J connectivity index is 2.40. The van der Waals surface area contributed by atoms with Gasteiger partial charge in [-0.25, -0.2) is 9.21 Å². The van der Waals surface area contributed by atoms with Gasteiger partial charge in [0.15, 0.2) is 0 Å². The van der Waals surface area contributed by atoms with E-state index in [1.165, 1.54) is 24.2 Å². The molecule has 0 bridgehead atoms. The summed E-state index contributed by atoms with van der Waals surface area (Å²) in [5, 5.41) is 0. The van der Waals surface area contributed by atoms with Gasteiger partial charge in [0.1, 0.15) is 0 Å². The Labute approximate surface area is 76.5 Å². The number of allylic oxidation sites excluding steroid dienone is 3. The molecule has 0 fully saturated rings. The first-order valence-corrected chi connectivity index (χ1v) is 6.81. The molecule has 0 aliphatic heterocycles. The van der Waals surface area contributed by atoms with Crippen LogP contribution in [0.4, 0.5) is 0 Å². The molecule has 0 nitrogen and oxygen atoms in total. The molecule has 12 heavy (non-hydrogen) atoms. The van der Waals surface area contributed by atoms with Crippen molar-refractivity contribution in [1.29, 1.82) is 0 Å². The summed E-state index contributed by atoms with van der Waals surface area (Å²) in [7, 11) is -0.804. The molecule has 1 unspecified atom stereocenters. The molecule has 1 aliphatic rings. The maximum atomic E-state index is 4.08. The molecule has 0 spiro atoms. The molecule has 0 saturated carbocycles. The average Bonchev–Trinajstić information content (AvgIpc) is 2.29. The molecule has 68 valence electrons. The highest BCUT2D eigenvalue weighted by atomic mass is 32.2. The molecule has 1 aliphatic carbocycles. The van der Waals surface area contributed by atoms with Gasteiger partial charge in [0.2, 0.25) is 0 Å². The lowest BCUT2D eigenvalue weighted by molar-refractivity contribution is 0.642. The molecule has 0 heterocycles. The minimum Gasteiger partial charge on any atom is -0.217 e. The maximum absolute atomic E-state index is 4.08. The van der Waals surface area contributed by atoms with Gasteiger partial charge in [-0.05, 0) is 30.8 Å². The van der Waals surface area contributed by atoms with Crippen LogP contribution in [0.3, 0.4) is 0 Å². The van der Waals surface area contributed by atoms with Crippen molar-refractivity contribution < 1.29 is 0 Å². The van der Waals surface area contributed by atoms with Crippen LogP contribution in [0.25, 0.3) is 0 Å². The van der Waals surface area contributed by atoms with Gasteiger partial charge in [-0.2, -0.15) is 0 Å². The normalized spacial score (nSPS) is 23.4. The van der Waals surface area contributed by atoms with Crippen LogP contribution >= 0.6 is 9.21 Å². The number of hydrogen-bond donors (Lipinski definition) is 0. The van der Waals surface area contributed by atoms with E-state index in [1.807, 2.05) is 0 Å². The van der Waals surface area contributed by atoms with Crippen molar-refractivity contribution in [3.8, 4) is 0 Å². The molecular formula is C11H18S. The van der Waals surface area contributed by atoms with Crippen molar-refractivity contribution in [2.45, 2.75) is 12.8 Å². The van der Waals surface area contributed by atoms with Crippen molar-refractivity contribution in [1.82, 2.24) is 0 Å². The van der Waals surface area contributed by atoms with Crippen molar-refractivity contribution in [3.05, 3.63) is 24.3 Å². The lowest BCUT2D eigenvalue weighted by Gasteiger charge is -2.13. The van der Waals surface area contributed by atoms with E-state index in [4.69, 9.17) is 0 Å². The molecule has 1 heteroatoms. The highest BCUT2D eigenvalue weighted by molar-refractivity contribution is 8.27. The second-order valence-corrected chi connectivity index (χ2v) is 7.25. The summed E-state index contributed by atoms with van der Waals surface area (Å²) in [5.41, 5.74) is 1.29. The van der Waals surface area contributed by atoms with Gasteiger partial charge in [0.05, 0.1) is 0 Å². The Bertz CT molecular complexity index is 291. The average molecular weight is 182 g/mol. The minimum absolute atomic E-state index is 0.681. The van der Waals surface area contributed by atoms with E-state index in [0.717, 1.165) is 0 Å². The van der Waals surface area contributed by atoms with E-state index in [1.54, 1.807) is 0 Å². The van der Waals surface area contributed by atoms with Crippen LogP contribution < -0.4 is 0 Å². The van der Waals surface area contributed by atoms with Gasteiger partial charge in [-0.15, -0.1) is 0 Å². The maximum Gasteiger partial charge on any atom is -0.0126 e. The first-order chi connectivity index (χ1) is 5.49. The zero-order chi connectivity index (χ0) is 9.19. The van der Waals surface area contributed by atoms with E-state index in [-0.39, 0.29) is 0 Å². The van der Waals surface area contributed by atoms with Crippen molar-refractivity contribution >= 4 is 20.9 Å². The summed E-state index contributed by atoms with van der Waals surface area (Å²) in [5.74, 6) is 10.0. The summed E-state index contributed by atoms with van der Waals surface area (Å²) in [6, 6.07) is 0. The van der Waals surface area contributed by atoms with E-state index in [0.29, 0.717) is 5.92 Å². The first-order valence-electron chi connectivity index (χ1n) is 4.26. The van der Waals surface area contributed by atoms with Gasteiger partial charge in [0.25, 0.3) is 0 Å². The molecule has 0 radical (unpaired) electrons. The van der Waals surface area contributed by atoms with E-state index in [9.17, 15) is 0 Å². The molecule has 0 saturated heterocycles. The molecule has 0 aromatic carbocycles. The third-order valence-electron chi connectivity index (χ3n) is 2.24. The second-order valence-electron chi connectivity index (χ2n) is 3.88. The van der Waals surface area contributed by atoms with Crippen LogP contribution in [0.1, 0.15) is 12.8 Å². The molecule has 0 N–H and O–H groups in total. The first kappa shape index (κ1) is 9.66. The zero-order valence-corrected chi connectivity index (χ0v) is 8.70. The third-order valence-corrected chi connectivity index (χ3v) is 3.46. The van der Waals surface area contributed by atoms with Gasteiger partial charge in [-0.1, -0.05) is 36.0 Å². The van der Waals surface area contributed by atoms with E-state index < -0.39 is 9.21 Å². The predicted molar refractivity (Wildman–Crippen MR) is 63.6 cm³/mol. The third kappa shape index (κ3) is 2.90. The van der Waals surface area contributed by atoms with Crippen LogP contribution in [-0.4, -0.2) is 23.7 Å². The Morgan fingerprint density at radius 3 is 2.67 bits per heavy atom. The summed E-state index contributed by atoms with van der Waals surface area (Å²) >= 11 is 0. The Kier molecular flexibility index (Phi) is 2.84. The minimum atomic E-state index is -0.804. The second kappa shape index (κ2) is 3.53. The van der Waals surface area contributed by atoms with Crippen LogP contribution in [-0.2, 0) is 0 Å². The molecular weight excluding hydrogens is 164 g/mol. The largest absolute Gasteiger partial charge is 0.217 e. The summed E-state index contributed by atoms with van der Waals surface area (Å²) in [6.07, 6.45) is 8.91. The molecule has 1 atom stereocenters. The number of hydrogen-bond acceptors (Lipinski definition) is 0. The van der Waals surface area contributed by atoms with E-state index in [2.05, 4.69) is 36.7 Å². The Morgan fingerprint density at radius 2 is 2.25 bits per heavy atom. The standard InChI is InChI=1S/C11H18S/c1-10-6-5-7-11(10)8-9-12(2,3)4/h5-6,11H,1-3,7-9H2,4H3. The Hall–Kier alpha value is -0.430. The monoisotopic (exact) mass is 182 g/mol. The fourth-order valence-corrected chi connectivity index (χ4v) is 2.25. The van der Waals surface area contributed by atoms with Crippen molar-refractivity contribution in [2.24, 2.45) is 5.92 Å². The molecule has 0 aromatic rings. The van der Waals surface area contributed by atoms with Gasteiger partial charge >= 0.3 is 0 Å². The fraction of sp³-hybridized carbons (Fsp3) is 0.455. The zero-order valence-electron chi connectivity index (χ0n) is 7.88. The number of rotatable bonds is 3. The highest BCUT2D eigenvalue weighted by Gasteiger charge is 2.13. The smallest absolute Gasteiger partial charge is 0.0126 e. The lowest BCUT2D eigenvalue weighted by Crippen LogP contribution is -1.99. The molecule has 1 rings (SSSR count). The Morgan fingerprint density at radius 1 is 1.58 bits per heavy atom. The summed E-state index contributed by atoms with van der Waals surface area (Å²) < 4.78 is 0. The summed E-state index contributed by atoms with van der Waals surface area (Å²) in [6.45, 7) is 4.02. The van der Waals surface area contributed by atoms with Crippen LogP contribution in [0, 0.1) is 5.92 Å². The van der Waals surface area contributed by atoms with Gasteiger partial charge in [0, 0.05) is 0 Å². The SMILES string of the molecule is C=C1C=CCC1CCS(=C)(=C)C. The van der Waals surface area contributed by atoms with Crippen molar-refractivity contribution in [3.63, 3.8) is 0 Å². The predicted octanol–water partition coefficient (Wildman–Crippen LogP) is 2.81. The molecule has 0 amide bonds. The van der Waals surface area contributed by atoms with Gasteiger partial charge < -0.3 is 0 Å². The van der Waals surface area contributed by atoms with Gasteiger partial charge in [-0.3, -0.25) is 0 Å².